The van der Waals surface area contributed by atoms with Crippen molar-refractivity contribution in [2.75, 3.05) is 0 Å². The van der Waals surface area contributed by atoms with Gasteiger partial charge in [0.2, 0.25) is 0 Å². The fourth-order valence-corrected chi connectivity index (χ4v) is 2.09. The van der Waals surface area contributed by atoms with E-state index in [1.807, 2.05) is 0 Å². The highest BCUT2D eigenvalue weighted by Gasteiger charge is 2.36. The Bertz CT molecular complexity index is 174. The first-order valence-electron chi connectivity index (χ1n) is 4.52. The Morgan fingerprint density at radius 3 is 2.55 bits per heavy atom. The van der Waals surface area contributed by atoms with Crippen LogP contribution in [0.4, 0.5) is 0 Å². The quantitative estimate of drug-likeness (QED) is 0.530. The van der Waals surface area contributed by atoms with Gasteiger partial charge in [-0.2, -0.15) is 0 Å². The lowest BCUT2D eigenvalue weighted by molar-refractivity contribution is 0.0724. The van der Waals surface area contributed by atoms with Gasteiger partial charge in [-0.3, -0.25) is 0 Å². The predicted molar refractivity (Wildman–Crippen MR) is 49.3 cm³/mol. The standard InChI is InChI=1S/C11H18/c1-5-6-8(2)11-7-9(3)10(11)4/h6,8-11H,1,7H2,2-4H3. The van der Waals surface area contributed by atoms with Gasteiger partial charge in [0.1, 0.15) is 0 Å². The fraction of sp³-hybridized carbons (Fsp3) is 0.727. The minimum Gasteiger partial charge on any atom is -0.133 e. The van der Waals surface area contributed by atoms with E-state index in [2.05, 4.69) is 39.2 Å². The summed E-state index contributed by atoms with van der Waals surface area (Å²) < 4.78 is 0. The van der Waals surface area contributed by atoms with E-state index in [1.54, 1.807) is 0 Å². The Balaban J connectivity index is 2.45. The van der Waals surface area contributed by atoms with Gasteiger partial charge in [-0.1, -0.05) is 27.4 Å². The van der Waals surface area contributed by atoms with Gasteiger partial charge in [0.05, 0.1) is 0 Å². The van der Waals surface area contributed by atoms with Gasteiger partial charge in [-0.25, -0.2) is 0 Å². The number of hydrogen-bond donors (Lipinski definition) is 0. The predicted octanol–water partition coefficient (Wildman–Crippen LogP) is 3.26. The van der Waals surface area contributed by atoms with Crippen LogP contribution >= 0.6 is 0 Å². The van der Waals surface area contributed by atoms with Crippen LogP contribution in [-0.4, -0.2) is 0 Å². The van der Waals surface area contributed by atoms with Gasteiger partial charge in [-0.05, 0) is 36.2 Å². The molecule has 0 radical (unpaired) electrons. The summed E-state index contributed by atoms with van der Waals surface area (Å²) in [6.07, 6.45) is 3.49. The topological polar surface area (TPSA) is 0 Å². The van der Waals surface area contributed by atoms with Crippen molar-refractivity contribution < 1.29 is 0 Å². The molecule has 0 saturated heterocycles. The molecule has 0 amide bonds. The molecular formula is C11H18. The van der Waals surface area contributed by atoms with Crippen LogP contribution in [0.3, 0.4) is 0 Å². The lowest BCUT2D eigenvalue weighted by Crippen LogP contribution is -2.36. The third kappa shape index (κ3) is 1.57. The van der Waals surface area contributed by atoms with Gasteiger partial charge >= 0.3 is 0 Å². The van der Waals surface area contributed by atoms with Crippen molar-refractivity contribution in [3.05, 3.63) is 18.4 Å². The summed E-state index contributed by atoms with van der Waals surface area (Å²) in [5.41, 5.74) is 2.88. The second kappa shape index (κ2) is 3.28. The average molecular weight is 150 g/mol. The van der Waals surface area contributed by atoms with Gasteiger partial charge in [0, 0.05) is 0 Å². The zero-order valence-corrected chi connectivity index (χ0v) is 7.80. The highest BCUT2D eigenvalue weighted by atomic mass is 14.4. The second-order valence-electron chi connectivity index (χ2n) is 3.97. The maximum Gasteiger partial charge on any atom is -0.0155 e. The first-order valence-corrected chi connectivity index (χ1v) is 4.52. The van der Waals surface area contributed by atoms with E-state index >= 15 is 0 Å². The van der Waals surface area contributed by atoms with Crippen molar-refractivity contribution in [3.8, 4) is 0 Å². The van der Waals surface area contributed by atoms with Crippen molar-refractivity contribution in [1.29, 1.82) is 0 Å². The largest absolute Gasteiger partial charge is 0.133 e. The van der Waals surface area contributed by atoms with Gasteiger partial charge < -0.3 is 0 Å². The second-order valence-corrected chi connectivity index (χ2v) is 3.97. The maximum absolute atomic E-state index is 3.60. The van der Waals surface area contributed by atoms with Crippen molar-refractivity contribution in [1.82, 2.24) is 0 Å². The Morgan fingerprint density at radius 2 is 2.18 bits per heavy atom. The summed E-state index contributed by atoms with van der Waals surface area (Å²) in [7, 11) is 0. The molecule has 1 rings (SSSR count). The third-order valence-electron chi connectivity index (χ3n) is 3.27. The van der Waals surface area contributed by atoms with Crippen LogP contribution in [0.15, 0.2) is 18.4 Å². The molecule has 0 bridgehead atoms. The van der Waals surface area contributed by atoms with E-state index in [0.29, 0.717) is 5.92 Å². The molecule has 4 atom stereocenters. The Hall–Kier alpha value is -0.480. The number of allylic oxidation sites excluding steroid dienone is 1. The molecule has 0 heterocycles. The summed E-state index contributed by atoms with van der Waals surface area (Å²) in [6.45, 7) is 10.6. The molecule has 1 fully saturated rings. The highest BCUT2D eigenvalue weighted by Crippen LogP contribution is 2.44. The van der Waals surface area contributed by atoms with Crippen LogP contribution in [0.2, 0.25) is 0 Å². The van der Waals surface area contributed by atoms with Crippen molar-refractivity contribution in [2.24, 2.45) is 23.7 Å². The first kappa shape index (κ1) is 8.62. The third-order valence-corrected chi connectivity index (χ3v) is 3.27. The van der Waals surface area contributed by atoms with E-state index in [1.165, 1.54) is 6.42 Å². The summed E-state index contributed by atoms with van der Waals surface area (Å²) in [5.74, 6) is 3.40. The molecular weight excluding hydrogens is 132 g/mol. The Morgan fingerprint density at radius 1 is 1.55 bits per heavy atom. The molecule has 11 heavy (non-hydrogen) atoms. The molecule has 62 valence electrons. The molecule has 4 unspecified atom stereocenters. The van der Waals surface area contributed by atoms with Crippen LogP contribution in [0, 0.1) is 23.7 Å². The minimum absolute atomic E-state index is 0.679. The maximum atomic E-state index is 3.60. The highest BCUT2D eigenvalue weighted by molar-refractivity contribution is 4.94. The smallest absolute Gasteiger partial charge is 0.0155 e. The summed E-state index contributed by atoms with van der Waals surface area (Å²) in [5, 5.41) is 0. The van der Waals surface area contributed by atoms with Crippen LogP contribution in [-0.2, 0) is 0 Å². The summed E-state index contributed by atoms with van der Waals surface area (Å²) >= 11 is 0. The van der Waals surface area contributed by atoms with Crippen LogP contribution < -0.4 is 0 Å². The van der Waals surface area contributed by atoms with Gasteiger partial charge in [0.15, 0.2) is 0 Å². The lowest BCUT2D eigenvalue weighted by Gasteiger charge is -2.43. The molecule has 1 saturated carbocycles. The molecule has 0 heteroatoms. The Kier molecular flexibility index (Phi) is 2.57. The van der Waals surface area contributed by atoms with Gasteiger partial charge in [-0.15, -0.1) is 5.73 Å². The summed E-state index contributed by atoms with van der Waals surface area (Å²) in [6, 6.07) is 0. The SMILES string of the molecule is C=C=CC(C)C1CC(C)C1C. The van der Waals surface area contributed by atoms with E-state index in [4.69, 9.17) is 0 Å². The molecule has 0 aromatic carbocycles. The van der Waals surface area contributed by atoms with E-state index in [0.717, 1.165) is 17.8 Å². The fourth-order valence-electron chi connectivity index (χ4n) is 2.09. The summed E-state index contributed by atoms with van der Waals surface area (Å²) in [4.78, 5) is 0. The van der Waals surface area contributed by atoms with Crippen LogP contribution in [0.25, 0.3) is 0 Å². The molecule has 0 spiro atoms. The van der Waals surface area contributed by atoms with Gasteiger partial charge in [0.25, 0.3) is 0 Å². The number of rotatable bonds is 2. The monoisotopic (exact) mass is 150 g/mol. The van der Waals surface area contributed by atoms with Crippen molar-refractivity contribution in [2.45, 2.75) is 27.2 Å². The van der Waals surface area contributed by atoms with E-state index in [-0.39, 0.29) is 0 Å². The zero-order valence-electron chi connectivity index (χ0n) is 7.80. The minimum atomic E-state index is 0.679. The Labute approximate surface area is 70.0 Å². The molecule has 1 aliphatic rings. The van der Waals surface area contributed by atoms with Crippen molar-refractivity contribution >= 4 is 0 Å². The molecule has 0 nitrogen and oxygen atoms in total. The molecule has 0 aliphatic heterocycles. The van der Waals surface area contributed by atoms with Crippen molar-refractivity contribution in [3.63, 3.8) is 0 Å². The number of hydrogen-bond acceptors (Lipinski definition) is 0. The van der Waals surface area contributed by atoms with E-state index in [9.17, 15) is 0 Å². The molecule has 1 aliphatic carbocycles. The lowest BCUT2D eigenvalue weighted by atomic mass is 9.62. The zero-order chi connectivity index (χ0) is 8.43. The average Bonchev–Trinajstić information content (AvgIpc) is 1.99. The molecule has 0 aromatic rings. The first-order chi connectivity index (χ1) is 5.16. The van der Waals surface area contributed by atoms with Crippen LogP contribution in [0.1, 0.15) is 27.2 Å². The van der Waals surface area contributed by atoms with E-state index < -0.39 is 0 Å². The normalized spacial score (nSPS) is 38.6. The molecule has 0 aromatic heterocycles. The van der Waals surface area contributed by atoms with Crippen LogP contribution in [0.5, 0.6) is 0 Å². The molecule has 0 N–H and O–H groups in total.